The van der Waals surface area contributed by atoms with Crippen LogP contribution >= 0.6 is 0 Å². The minimum atomic E-state index is -0.483. The molecular formula is C22H35NO3. The molecule has 1 spiro atoms. The first-order valence-electron chi connectivity index (χ1n) is 10.0. The zero-order valence-electron chi connectivity index (χ0n) is 17.2. The van der Waals surface area contributed by atoms with Crippen LogP contribution in [-0.2, 0) is 14.3 Å². The molecule has 0 radical (unpaired) electrons. The number of hydrogen-bond donors (Lipinski definition) is 0. The molecule has 2 aliphatic rings. The van der Waals surface area contributed by atoms with Crippen molar-refractivity contribution in [1.29, 1.82) is 0 Å². The van der Waals surface area contributed by atoms with Crippen molar-refractivity contribution in [2.75, 3.05) is 6.61 Å². The van der Waals surface area contributed by atoms with Crippen LogP contribution in [0, 0.1) is 0 Å². The zero-order chi connectivity index (χ0) is 19.0. The molecule has 1 aromatic carbocycles. The van der Waals surface area contributed by atoms with Crippen LogP contribution in [0.1, 0.15) is 78.9 Å². The second-order valence-electron chi connectivity index (χ2n) is 9.18. The van der Waals surface area contributed by atoms with Crippen LogP contribution in [-0.4, -0.2) is 34.6 Å². The lowest BCUT2D eigenvalue weighted by molar-refractivity contribution is -0.351. The Hall–Kier alpha value is -0.940. The Morgan fingerprint density at radius 1 is 1.12 bits per heavy atom. The first-order valence-corrected chi connectivity index (χ1v) is 10.0. The van der Waals surface area contributed by atoms with E-state index in [1.54, 1.807) is 0 Å². The van der Waals surface area contributed by atoms with Gasteiger partial charge in [0.15, 0.2) is 5.79 Å². The highest BCUT2D eigenvalue weighted by Crippen LogP contribution is 2.49. The van der Waals surface area contributed by atoms with Gasteiger partial charge in [-0.2, -0.15) is 5.06 Å². The standard InChI is InChI=1S/C22H35NO3/c1-7-11-19-14-24-22(25-19)15-20(3,4)23(21(5,6)16-22)26-17(2)18-12-9-8-10-13-18/h8-10,12-13,17,19H,7,11,14-16H2,1-6H3. The van der Waals surface area contributed by atoms with Gasteiger partial charge in [0, 0.05) is 23.9 Å². The third-order valence-corrected chi connectivity index (χ3v) is 5.56. The monoisotopic (exact) mass is 361 g/mol. The van der Waals surface area contributed by atoms with Crippen molar-refractivity contribution >= 4 is 0 Å². The predicted octanol–water partition coefficient (Wildman–Crippen LogP) is 5.24. The Bertz CT molecular complexity index is 581. The Morgan fingerprint density at radius 2 is 1.73 bits per heavy atom. The van der Waals surface area contributed by atoms with Crippen molar-refractivity contribution in [2.24, 2.45) is 0 Å². The molecule has 146 valence electrons. The number of rotatable bonds is 5. The molecule has 2 unspecified atom stereocenters. The molecule has 26 heavy (non-hydrogen) atoms. The second kappa shape index (κ2) is 7.23. The summed E-state index contributed by atoms with van der Waals surface area (Å²) in [6, 6.07) is 10.4. The van der Waals surface area contributed by atoms with Crippen LogP contribution in [0.2, 0.25) is 0 Å². The van der Waals surface area contributed by atoms with Gasteiger partial charge in [0.05, 0.1) is 12.7 Å². The highest BCUT2D eigenvalue weighted by atomic mass is 16.7. The van der Waals surface area contributed by atoms with Crippen LogP contribution in [0.4, 0.5) is 0 Å². The first-order chi connectivity index (χ1) is 12.2. The smallest absolute Gasteiger partial charge is 0.172 e. The van der Waals surface area contributed by atoms with Gasteiger partial charge in [-0.1, -0.05) is 43.7 Å². The average Bonchev–Trinajstić information content (AvgIpc) is 2.92. The summed E-state index contributed by atoms with van der Waals surface area (Å²) < 4.78 is 12.7. The SMILES string of the molecule is CCCC1COC2(CC(C)(C)N(OC(C)c3ccccc3)C(C)(C)C2)O1. The molecule has 2 aliphatic heterocycles. The lowest BCUT2D eigenvalue weighted by Gasteiger charge is -2.56. The molecule has 4 nitrogen and oxygen atoms in total. The molecule has 0 aliphatic carbocycles. The number of nitrogens with zero attached hydrogens (tertiary/aromatic N) is 1. The summed E-state index contributed by atoms with van der Waals surface area (Å²) in [5.41, 5.74) is 0.813. The fourth-order valence-corrected chi connectivity index (χ4v) is 4.84. The number of hydroxylamine groups is 2. The third-order valence-electron chi connectivity index (χ3n) is 5.56. The summed E-state index contributed by atoms with van der Waals surface area (Å²) in [6.07, 6.45) is 4.04. The van der Waals surface area contributed by atoms with Crippen molar-refractivity contribution < 1.29 is 14.3 Å². The Kier molecular flexibility index (Phi) is 5.51. The predicted molar refractivity (Wildman–Crippen MR) is 104 cm³/mol. The molecule has 2 atom stereocenters. The Balaban J connectivity index is 1.77. The molecular weight excluding hydrogens is 326 g/mol. The number of hydrogen-bond acceptors (Lipinski definition) is 4. The molecule has 4 heteroatoms. The fourth-order valence-electron chi connectivity index (χ4n) is 4.84. The van der Waals surface area contributed by atoms with Crippen molar-refractivity contribution in [3.05, 3.63) is 35.9 Å². The van der Waals surface area contributed by atoms with Gasteiger partial charge in [-0.3, -0.25) is 4.84 Å². The number of ether oxygens (including phenoxy) is 2. The molecule has 1 aromatic rings. The largest absolute Gasteiger partial charge is 0.347 e. The minimum absolute atomic E-state index is 0.00190. The normalized spacial score (nSPS) is 28.3. The van der Waals surface area contributed by atoms with Crippen molar-refractivity contribution in [1.82, 2.24) is 5.06 Å². The molecule has 3 rings (SSSR count). The van der Waals surface area contributed by atoms with Crippen LogP contribution < -0.4 is 0 Å². The molecule has 0 amide bonds. The molecule has 0 N–H and O–H groups in total. The maximum atomic E-state index is 6.51. The van der Waals surface area contributed by atoms with Gasteiger partial charge in [-0.05, 0) is 46.6 Å². The second-order valence-corrected chi connectivity index (χ2v) is 9.18. The van der Waals surface area contributed by atoms with Gasteiger partial charge < -0.3 is 9.47 Å². The van der Waals surface area contributed by atoms with E-state index in [-0.39, 0.29) is 23.3 Å². The van der Waals surface area contributed by atoms with Gasteiger partial charge in [-0.15, -0.1) is 0 Å². The zero-order valence-corrected chi connectivity index (χ0v) is 17.2. The average molecular weight is 362 g/mol. The molecule has 2 heterocycles. The van der Waals surface area contributed by atoms with Crippen molar-refractivity contribution in [3.8, 4) is 0 Å². The molecule has 2 saturated heterocycles. The quantitative estimate of drug-likeness (QED) is 0.717. The summed E-state index contributed by atoms with van der Waals surface area (Å²) in [4.78, 5) is 6.51. The van der Waals surface area contributed by atoms with Gasteiger partial charge in [0.1, 0.15) is 6.10 Å². The summed E-state index contributed by atoms with van der Waals surface area (Å²) in [5, 5.41) is 2.18. The van der Waals surface area contributed by atoms with Gasteiger partial charge in [0.25, 0.3) is 0 Å². The van der Waals surface area contributed by atoms with E-state index >= 15 is 0 Å². The minimum Gasteiger partial charge on any atom is -0.347 e. The van der Waals surface area contributed by atoms with Gasteiger partial charge in [0.2, 0.25) is 0 Å². The lowest BCUT2D eigenvalue weighted by Crippen LogP contribution is -2.65. The van der Waals surface area contributed by atoms with Crippen LogP contribution in [0.5, 0.6) is 0 Å². The maximum Gasteiger partial charge on any atom is 0.172 e. The van der Waals surface area contributed by atoms with E-state index in [2.05, 4.69) is 70.9 Å². The highest BCUT2D eigenvalue weighted by Gasteiger charge is 2.57. The molecule has 0 saturated carbocycles. The third kappa shape index (κ3) is 3.99. The maximum absolute atomic E-state index is 6.51. The van der Waals surface area contributed by atoms with Gasteiger partial charge in [-0.25, -0.2) is 0 Å². The number of piperidine rings is 1. The summed E-state index contributed by atoms with van der Waals surface area (Å²) >= 11 is 0. The summed E-state index contributed by atoms with van der Waals surface area (Å²) in [6.45, 7) is 13.9. The fraction of sp³-hybridized carbons (Fsp3) is 0.727. The first kappa shape index (κ1) is 19.8. The van der Waals surface area contributed by atoms with Crippen LogP contribution in [0.15, 0.2) is 30.3 Å². The molecule has 0 bridgehead atoms. The lowest BCUT2D eigenvalue weighted by atomic mass is 9.78. The topological polar surface area (TPSA) is 30.9 Å². The van der Waals surface area contributed by atoms with E-state index in [1.165, 1.54) is 5.56 Å². The van der Waals surface area contributed by atoms with Gasteiger partial charge >= 0.3 is 0 Å². The summed E-state index contributed by atoms with van der Waals surface area (Å²) in [7, 11) is 0. The molecule has 0 aromatic heterocycles. The van der Waals surface area contributed by atoms with E-state index in [0.717, 1.165) is 25.7 Å². The van der Waals surface area contributed by atoms with Crippen molar-refractivity contribution in [3.63, 3.8) is 0 Å². The van der Waals surface area contributed by atoms with Crippen LogP contribution in [0.25, 0.3) is 0 Å². The van der Waals surface area contributed by atoms with E-state index in [0.29, 0.717) is 6.61 Å². The molecule has 2 fully saturated rings. The van der Waals surface area contributed by atoms with E-state index < -0.39 is 5.79 Å². The van der Waals surface area contributed by atoms with Crippen LogP contribution in [0.3, 0.4) is 0 Å². The Labute approximate surface area is 158 Å². The van der Waals surface area contributed by atoms with Crippen molar-refractivity contribution in [2.45, 2.75) is 96.3 Å². The number of benzene rings is 1. The van der Waals surface area contributed by atoms with E-state index in [4.69, 9.17) is 14.3 Å². The summed E-state index contributed by atoms with van der Waals surface area (Å²) in [5.74, 6) is -0.483. The van der Waals surface area contributed by atoms with E-state index in [1.807, 2.05) is 6.07 Å². The van der Waals surface area contributed by atoms with E-state index in [9.17, 15) is 0 Å². The highest BCUT2D eigenvalue weighted by molar-refractivity contribution is 5.17. The Morgan fingerprint density at radius 3 is 2.31 bits per heavy atom.